The standard InChI is InChI=1S/C27H49N7O4/c1-24(2)15-21(16-25(3,4)33(24)36)28-23(35)32(22-17-26(5,6)34(37)27(7,8)18-22)12-10-11-20-19-31(30-29-20)13-14-38-9/h19,21-22H,10-18H2,1-9H3,(H,28,35)/q-2. The third-order valence-corrected chi connectivity index (χ3v) is 8.13. The maximum absolute atomic E-state index is 13.9. The molecule has 11 heteroatoms. The molecule has 2 aliphatic rings. The van der Waals surface area contributed by atoms with Crippen molar-refractivity contribution in [2.75, 3.05) is 20.3 Å². The van der Waals surface area contributed by atoms with Gasteiger partial charge < -0.3 is 35.5 Å². The van der Waals surface area contributed by atoms with Gasteiger partial charge in [0.1, 0.15) is 0 Å². The highest BCUT2D eigenvalue weighted by Gasteiger charge is 2.45. The van der Waals surface area contributed by atoms with Crippen molar-refractivity contribution < 1.29 is 9.53 Å². The third kappa shape index (κ3) is 7.04. The van der Waals surface area contributed by atoms with Crippen LogP contribution in [0, 0.1) is 10.4 Å². The van der Waals surface area contributed by atoms with Crippen LogP contribution in [0.1, 0.15) is 93.2 Å². The second kappa shape index (κ2) is 11.4. The van der Waals surface area contributed by atoms with Crippen molar-refractivity contribution in [1.82, 2.24) is 35.3 Å². The average Bonchev–Trinajstić information content (AvgIpc) is 3.24. The van der Waals surface area contributed by atoms with Gasteiger partial charge >= 0.3 is 6.03 Å². The lowest BCUT2D eigenvalue weighted by Gasteiger charge is -2.61. The first kappa shape index (κ1) is 30.7. The van der Waals surface area contributed by atoms with E-state index in [-0.39, 0.29) is 18.1 Å². The van der Waals surface area contributed by atoms with Crippen LogP contribution in [0.15, 0.2) is 6.20 Å². The van der Waals surface area contributed by atoms with Crippen molar-refractivity contribution in [1.29, 1.82) is 0 Å². The quantitative estimate of drug-likeness (QED) is 0.505. The van der Waals surface area contributed by atoms with Crippen LogP contribution >= 0.6 is 0 Å². The summed E-state index contributed by atoms with van der Waals surface area (Å²) in [4.78, 5) is 15.8. The van der Waals surface area contributed by atoms with Crippen LogP contribution in [-0.4, -0.2) is 90.6 Å². The second-order valence-electron chi connectivity index (χ2n) is 13.7. The summed E-state index contributed by atoms with van der Waals surface area (Å²) in [7, 11) is 1.66. The molecule has 3 rings (SSSR count). The summed E-state index contributed by atoms with van der Waals surface area (Å²) < 4.78 is 6.88. The minimum atomic E-state index is -0.590. The topological polar surface area (TPSA) is 125 Å². The molecular weight excluding hydrogens is 486 g/mol. The normalized spacial score (nSPS) is 23.9. The molecule has 0 bridgehead atoms. The molecule has 0 aromatic carbocycles. The molecule has 2 fully saturated rings. The number of carbonyl (C=O) groups is 1. The number of rotatable bonds is 9. The van der Waals surface area contributed by atoms with Crippen molar-refractivity contribution in [3.05, 3.63) is 22.3 Å². The summed E-state index contributed by atoms with van der Waals surface area (Å²) in [5.74, 6) is 0. The first-order chi connectivity index (χ1) is 17.5. The minimum Gasteiger partial charge on any atom is -0.784 e. The Kier molecular flexibility index (Phi) is 9.20. The Morgan fingerprint density at radius 2 is 1.53 bits per heavy atom. The van der Waals surface area contributed by atoms with Crippen molar-refractivity contribution in [3.8, 4) is 0 Å². The molecular formula is C27H49N7O4-2. The lowest BCUT2D eigenvalue weighted by atomic mass is 9.78. The maximum Gasteiger partial charge on any atom is 0.317 e. The number of nitrogens with zero attached hydrogens (tertiary/aromatic N) is 6. The van der Waals surface area contributed by atoms with Crippen molar-refractivity contribution in [2.24, 2.45) is 0 Å². The molecule has 0 atom stereocenters. The third-order valence-electron chi connectivity index (χ3n) is 8.13. The van der Waals surface area contributed by atoms with E-state index in [1.165, 1.54) is 10.1 Å². The van der Waals surface area contributed by atoms with Crippen LogP contribution in [0.5, 0.6) is 0 Å². The number of aromatic nitrogens is 3. The highest BCUT2D eigenvalue weighted by molar-refractivity contribution is 5.75. The molecule has 0 unspecified atom stereocenters. The zero-order valence-corrected chi connectivity index (χ0v) is 24.9. The monoisotopic (exact) mass is 535 g/mol. The van der Waals surface area contributed by atoms with Gasteiger partial charge in [-0.25, -0.2) is 9.48 Å². The highest BCUT2D eigenvalue weighted by atomic mass is 16.5. The number of hydrogen-bond acceptors (Lipinski definition) is 8. The Balaban J connectivity index is 1.75. The number of piperidine rings is 2. The van der Waals surface area contributed by atoms with Gasteiger partial charge in [-0.05, 0) is 93.9 Å². The summed E-state index contributed by atoms with van der Waals surface area (Å²) in [6.45, 7) is 17.3. The summed E-state index contributed by atoms with van der Waals surface area (Å²) >= 11 is 0. The van der Waals surface area contributed by atoms with Crippen molar-refractivity contribution in [3.63, 3.8) is 0 Å². The maximum atomic E-state index is 13.9. The zero-order chi connectivity index (χ0) is 28.5. The first-order valence-corrected chi connectivity index (χ1v) is 13.9. The van der Waals surface area contributed by atoms with E-state index in [1.54, 1.807) is 11.8 Å². The molecule has 0 spiro atoms. The van der Waals surface area contributed by atoms with E-state index in [4.69, 9.17) is 4.74 Å². The van der Waals surface area contributed by atoms with Gasteiger partial charge in [0.2, 0.25) is 0 Å². The number of hydrogen-bond donors (Lipinski definition) is 1. The summed E-state index contributed by atoms with van der Waals surface area (Å²) in [6, 6.07) is -0.314. The lowest BCUT2D eigenvalue weighted by molar-refractivity contribution is -0.0243. The van der Waals surface area contributed by atoms with Crippen LogP contribution in [-0.2, 0) is 17.7 Å². The molecule has 2 saturated heterocycles. The van der Waals surface area contributed by atoms with Gasteiger partial charge in [0, 0.05) is 54.1 Å². The highest BCUT2D eigenvalue weighted by Crippen LogP contribution is 2.40. The average molecular weight is 536 g/mol. The summed E-state index contributed by atoms with van der Waals surface area (Å²) in [5.41, 5.74) is -1.45. The van der Waals surface area contributed by atoms with Gasteiger partial charge in [-0.2, -0.15) is 0 Å². The number of nitrogens with one attached hydrogen (secondary N) is 1. The predicted molar refractivity (Wildman–Crippen MR) is 148 cm³/mol. The smallest absolute Gasteiger partial charge is 0.317 e. The largest absolute Gasteiger partial charge is 0.784 e. The predicted octanol–water partition coefficient (Wildman–Crippen LogP) is 3.91. The molecule has 38 heavy (non-hydrogen) atoms. The molecule has 2 amide bonds. The fraction of sp³-hybridized carbons (Fsp3) is 0.889. The lowest BCUT2D eigenvalue weighted by Crippen LogP contribution is -2.65. The van der Waals surface area contributed by atoms with E-state index in [2.05, 4.69) is 15.6 Å². The molecule has 11 nitrogen and oxygen atoms in total. The van der Waals surface area contributed by atoms with Gasteiger partial charge in [0.05, 0.1) is 18.8 Å². The van der Waals surface area contributed by atoms with Gasteiger partial charge in [0.25, 0.3) is 0 Å². The van der Waals surface area contributed by atoms with Crippen LogP contribution < -0.4 is 5.32 Å². The number of carbonyl (C=O) groups excluding carboxylic acids is 1. The van der Waals surface area contributed by atoms with Crippen LogP contribution in [0.3, 0.4) is 0 Å². The van der Waals surface area contributed by atoms with Gasteiger partial charge in [-0.1, -0.05) is 5.21 Å². The Bertz CT molecular complexity index is 910. The van der Waals surface area contributed by atoms with Crippen LogP contribution in [0.2, 0.25) is 0 Å². The molecule has 1 aromatic rings. The zero-order valence-electron chi connectivity index (χ0n) is 24.9. The van der Waals surface area contributed by atoms with Crippen LogP contribution in [0.25, 0.3) is 0 Å². The van der Waals surface area contributed by atoms with E-state index < -0.39 is 22.2 Å². The van der Waals surface area contributed by atoms with E-state index in [0.29, 0.717) is 51.8 Å². The fourth-order valence-corrected chi connectivity index (χ4v) is 6.68. The van der Waals surface area contributed by atoms with E-state index >= 15 is 0 Å². The van der Waals surface area contributed by atoms with E-state index in [1.807, 2.05) is 66.5 Å². The molecule has 218 valence electrons. The Morgan fingerprint density at radius 3 is 2.05 bits per heavy atom. The Hall–Kier alpha value is -1.79. The Morgan fingerprint density at radius 1 is 1.00 bits per heavy atom. The number of aryl methyl sites for hydroxylation is 1. The summed E-state index contributed by atoms with van der Waals surface area (Å²) in [5, 5.41) is 39.9. The van der Waals surface area contributed by atoms with Gasteiger partial charge in [-0.15, -0.1) is 5.10 Å². The molecule has 2 aliphatic heterocycles. The molecule has 1 N–H and O–H groups in total. The number of methoxy groups -OCH3 is 1. The summed E-state index contributed by atoms with van der Waals surface area (Å²) in [6.07, 6.45) is 5.70. The van der Waals surface area contributed by atoms with E-state index in [0.717, 1.165) is 12.1 Å². The fourth-order valence-electron chi connectivity index (χ4n) is 6.68. The number of urea groups is 1. The number of hydroxylamine groups is 4. The van der Waals surface area contributed by atoms with E-state index in [9.17, 15) is 15.2 Å². The molecule has 0 aliphatic carbocycles. The number of ether oxygens (including phenoxy) is 1. The molecule has 0 radical (unpaired) electrons. The minimum absolute atomic E-state index is 0.0804. The van der Waals surface area contributed by atoms with Gasteiger partial charge in [-0.3, -0.25) is 0 Å². The SMILES string of the molecule is COCCn1cc(CCCN(C(=O)NC2CC(C)(C)N([O-])C(C)(C)C2)C2CC(C)(C)N([O-])C(C)(C)C2)nn1. The molecule has 0 saturated carbocycles. The molecule has 3 heterocycles. The van der Waals surface area contributed by atoms with Crippen molar-refractivity contribution in [2.45, 2.75) is 135 Å². The van der Waals surface area contributed by atoms with Gasteiger partial charge in [0.15, 0.2) is 0 Å². The second-order valence-corrected chi connectivity index (χ2v) is 13.7. The molecule has 1 aromatic heterocycles. The van der Waals surface area contributed by atoms with Crippen molar-refractivity contribution >= 4 is 6.03 Å². The Labute approximate surface area is 228 Å². The first-order valence-electron chi connectivity index (χ1n) is 13.9. The van der Waals surface area contributed by atoms with Crippen LogP contribution in [0.4, 0.5) is 4.79 Å². The number of amides is 2.